The van der Waals surface area contributed by atoms with Crippen LogP contribution in [0.25, 0.3) is 10.6 Å². The molecule has 0 atom stereocenters. The molecule has 1 aromatic heterocycles. The Labute approximate surface area is 173 Å². The molecular formula is C22H22N2O2S2. The van der Waals surface area contributed by atoms with Gasteiger partial charge in [0.25, 0.3) is 0 Å². The highest BCUT2D eigenvalue weighted by atomic mass is 32.2. The van der Waals surface area contributed by atoms with Gasteiger partial charge in [0.15, 0.2) is 0 Å². The second kappa shape index (κ2) is 8.80. The number of anilines is 1. The Bertz CT molecular complexity index is 953. The van der Waals surface area contributed by atoms with Crippen LogP contribution in [0.1, 0.15) is 17.7 Å². The average molecular weight is 411 g/mol. The molecule has 0 spiro atoms. The van der Waals surface area contributed by atoms with E-state index in [0.29, 0.717) is 6.42 Å². The molecule has 2 aromatic carbocycles. The highest BCUT2D eigenvalue weighted by Gasteiger charge is 2.23. The summed E-state index contributed by atoms with van der Waals surface area (Å²) in [5.74, 6) is 2.71. The number of benzene rings is 2. The number of thioether (sulfide) groups is 1. The van der Waals surface area contributed by atoms with E-state index in [1.54, 1.807) is 30.2 Å². The normalized spacial score (nSPS) is 12.8. The summed E-state index contributed by atoms with van der Waals surface area (Å²) < 4.78 is 5.20. The third kappa shape index (κ3) is 4.23. The quantitative estimate of drug-likeness (QED) is 0.512. The zero-order valence-corrected chi connectivity index (χ0v) is 17.4. The molecule has 0 saturated carbocycles. The van der Waals surface area contributed by atoms with Gasteiger partial charge in [0.2, 0.25) is 5.91 Å². The van der Waals surface area contributed by atoms with E-state index in [2.05, 4.69) is 11.4 Å². The van der Waals surface area contributed by atoms with Crippen molar-refractivity contribution in [1.29, 1.82) is 0 Å². The molecule has 144 valence electrons. The summed E-state index contributed by atoms with van der Waals surface area (Å²) >= 11 is 3.42. The van der Waals surface area contributed by atoms with Crippen LogP contribution in [0, 0.1) is 0 Å². The number of ether oxygens (including phenoxy) is 1. The number of fused-ring (bicyclic) bond motifs is 1. The van der Waals surface area contributed by atoms with Gasteiger partial charge < -0.3 is 9.64 Å². The summed E-state index contributed by atoms with van der Waals surface area (Å²) in [7, 11) is 1.67. The maximum absolute atomic E-state index is 12.5. The van der Waals surface area contributed by atoms with Crippen LogP contribution in [0.5, 0.6) is 5.75 Å². The van der Waals surface area contributed by atoms with E-state index in [-0.39, 0.29) is 5.91 Å². The third-order valence-corrected chi connectivity index (χ3v) is 6.72. The summed E-state index contributed by atoms with van der Waals surface area (Å²) in [6, 6.07) is 16.2. The SMILES string of the molecule is COc1ccc(-c2nc(CSCCC(=O)N3CCc4ccccc43)cs2)cc1. The van der Waals surface area contributed by atoms with Crippen molar-refractivity contribution in [3.05, 3.63) is 65.2 Å². The lowest BCUT2D eigenvalue weighted by Crippen LogP contribution is -2.29. The summed E-state index contributed by atoms with van der Waals surface area (Å²) in [4.78, 5) is 19.2. The second-order valence-corrected chi connectivity index (χ2v) is 8.56. The Morgan fingerprint density at radius 2 is 2.04 bits per heavy atom. The van der Waals surface area contributed by atoms with Crippen molar-refractivity contribution in [1.82, 2.24) is 4.98 Å². The van der Waals surface area contributed by atoms with Gasteiger partial charge in [-0.2, -0.15) is 11.8 Å². The lowest BCUT2D eigenvalue weighted by molar-refractivity contribution is -0.118. The number of hydrogen-bond acceptors (Lipinski definition) is 5. The minimum atomic E-state index is 0.217. The number of amides is 1. The number of hydrogen-bond donors (Lipinski definition) is 0. The standard InChI is InChI=1S/C22H22N2O2S2/c1-26-19-8-6-17(7-9-19)22-23-18(15-28-22)14-27-13-11-21(25)24-12-10-16-4-2-3-5-20(16)24/h2-9,15H,10-14H2,1H3. The molecule has 6 heteroatoms. The van der Waals surface area contributed by atoms with E-state index in [4.69, 9.17) is 9.72 Å². The van der Waals surface area contributed by atoms with E-state index in [1.807, 2.05) is 47.4 Å². The largest absolute Gasteiger partial charge is 0.497 e. The van der Waals surface area contributed by atoms with Gasteiger partial charge in [0, 0.05) is 41.1 Å². The van der Waals surface area contributed by atoms with E-state index in [0.717, 1.165) is 52.2 Å². The van der Waals surface area contributed by atoms with Crippen molar-refractivity contribution in [2.75, 3.05) is 24.3 Å². The Balaban J connectivity index is 1.26. The summed E-state index contributed by atoms with van der Waals surface area (Å²) in [6.45, 7) is 0.806. The second-order valence-electron chi connectivity index (χ2n) is 6.60. The molecule has 1 aliphatic heterocycles. The van der Waals surface area contributed by atoms with Crippen molar-refractivity contribution >= 4 is 34.7 Å². The fraction of sp³-hybridized carbons (Fsp3) is 0.273. The first-order chi connectivity index (χ1) is 13.7. The molecule has 1 aliphatic rings. The van der Waals surface area contributed by atoms with Gasteiger partial charge in [0.05, 0.1) is 12.8 Å². The van der Waals surface area contributed by atoms with Gasteiger partial charge in [0.1, 0.15) is 10.8 Å². The third-order valence-electron chi connectivity index (χ3n) is 4.79. The van der Waals surface area contributed by atoms with E-state index in [1.165, 1.54) is 5.56 Å². The van der Waals surface area contributed by atoms with Crippen LogP contribution in [0.15, 0.2) is 53.9 Å². The number of thiazole rings is 1. The average Bonchev–Trinajstić information content (AvgIpc) is 3.38. The van der Waals surface area contributed by atoms with Crippen LogP contribution in [0.2, 0.25) is 0 Å². The molecule has 4 nitrogen and oxygen atoms in total. The molecule has 0 aliphatic carbocycles. The molecule has 0 radical (unpaired) electrons. The summed E-state index contributed by atoms with van der Waals surface area (Å²) in [6.07, 6.45) is 1.52. The van der Waals surface area contributed by atoms with Crippen molar-refractivity contribution in [2.24, 2.45) is 0 Å². The van der Waals surface area contributed by atoms with Crippen molar-refractivity contribution in [3.63, 3.8) is 0 Å². The lowest BCUT2D eigenvalue weighted by Gasteiger charge is -2.17. The molecule has 0 saturated heterocycles. The number of carbonyl (C=O) groups excluding carboxylic acids is 1. The van der Waals surface area contributed by atoms with Gasteiger partial charge in [-0.05, 0) is 42.3 Å². The van der Waals surface area contributed by atoms with Gasteiger partial charge in [-0.25, -0.2) is 4.98 Å². The highest BCUT2D eigenvalue weighted by Crippen LogP contribution is 2.29. The van der Waals surface area contributed by atoms with Crippen LogP contribution in [-0.2, 0) is 17.0 Å². The fourth-order valence-corrected chi connectivity index (χ4v) is 5.06. The molecule has 0 fully saturated rings. The minimum Gasteiger partial charge on any atom is -0.497 e. The van der Waals surface area contributed by atoms with Gasteiger partial charge in [-0.15, -0.1) is 11.3 Å². The highest BCUT2D eigenvalue weighted by molar-refractivity contribution is 7.98. The Morgan fingerprint density at radius 3 is 2.86 bits per heavy atom. The monoisotopic (exact) mass is 410 g/mol. The lowest BCUT2D eigenvalue weighted by atomic mass is 10.2. The minimum absolute atomic E-state index is 0.217. The van der Waals surface area contributed by atoms with Crippen LogP contribution < -0.4 is 9.64 Å². The van der Waals surface area contributed by atoms with Crippen LogP contribution >= 0.6 is 23.1 Å². The summed E-state index contributed by atoms with van der Waals surface area (Å²) in [5, 5.41) is 3.12. The van der Waals surface area contributed by atoms with Crippen molar-refractivity contribution in [2.45, 2.75) is 18.6 Å². The molecule has 28 heavy (non-hydrogen) atoms. The van der Waals surface area contributed by atoms with Gasteiger partial charge >= 0.3 is 0 Å². The molecule has 4 rings (SSSR count). The zero-order chi connectivity index (χ0) is 19.3. The number of aromatic nitrogens is 1. The topological polar surface area (TPSA) is 42.4 Å². The van der Waals surface area contributed by atoms with Crippen LogP contribution in [0.4, 0.5) is 5.69 Å². The van der Waals surface area contributed by atoms with E-state index in [9.17, 15) is 4.79 Å². The van der Waals surface area contributed by atoms with Gasteiger partial charge in [-0.1, -0.05) is 18.2 Å². The molecule has 1 amide bonds. The Kier molecular flexibility index (Phi) is 5.98. The molecular weight excluding hydrogens is 388 g/mol. The predicted molar refractivity (Wildman–Crippen MR) is 117 cm³/mol. The number of rotatable bonds is 7. The zero-order valence-electron chi connectivity index (χ0n) is 15.8. The molecule has 0 unspecified atom stereocenters. The molecule has 2 heterocycles. The number of nitrogens with zero attached hydrogens (tertiary/aromatic N) is 2. The van der Waals surface area contributed by atoms with E-state index < -0.39 is 0 Å². The number of carbonyl (C=O) groups is 1. The first-order valence-electron chi connectivity index (χ1n) is 9.29. The summed E-state index contributed by atoms with van der Waals surface area (Å²) in [5.41, 5.74) is 4.53. The first kappa shape index (κ1) is 19.0. The Morgan fingerprint density at radius 1 is 1.21 bits per heavy atom. The van der Waals surface area contributed by atoms with Crippen LogP contribution in [-0.4, -0.2) is 30.3 Å². The van der Waals surface area contributed by atoms with Crippen molar-refractivity contribution < 1.29 is 9.53 Å². The molecule has 0 N–H and O–H groups in total. The van der Waals surface area contributed by atoms with Crippen molar-refractivity contribution in [3.8, 4) is 16.3 Å². The molecule has 0 bridgehead atoms. The maximum atomic E-state index is 12.5. The fourth-order valence-electron chi connectivity index (χ4n) is 3.31. The van der Waals surface area contributed by atoms with Gasteiger partial charge in [-0.3, -0.25) is 4.79 Å². The Hall–Kier alpha value is -2.31. The van der Waals surface area contributed by atoms with E-state index >= 15 is 0 Å². The number of para-hydroxylation sites is 1. The maximum Gasteiger partial charge on any atom is 0.227 e. The smallest absolute Gasteiger partial charge is 0.227 e. The first-order valence-corrected chi connectivity index (χ1v) is 11.3. The van der Waals surface area contributed by atoms with Crippen LogP contribution in [0.3, 0.4) is 0 Å². The predicted octanol–water partition coefficient (Wildman–Crippen LogP) is 5.03. The number of methoxy groups -OCH3 is 1. The molecule has 3 aromatic rings.